The second-order valence-electron chi connectivity index (χ2n) is 7.80. The number of piperazine rings is 1. The van der Waals surface area contributed by atoms with Crippen LogP contribution in [0.3, 0.4) is 0 Å². The van der Waals surface area contributed by atoms with E-state index in [9.17, 15) is 14.0 Å². The van der Waals surface area contributed by atoms with Gasteiger partial charge in [-0.2, -0.15) is 0 Å². The van der Waals surface area contributed by atoms with Gasteiger partial charge in [-0.1, -0.05) is 12.1 Å². The first-order chi connectivity index (χ1) is 14.1. The second-order valence-corrected chi connectivity index (χ2v) is 7.80. The third-order valence-electron chi connectivity index (χ3n) is 6.00. The van der Waals surface area contributed by atoms with Gasteiger partial charge >= 0.3 is 0 Å². The minimum Gasteiger partial charge on any atom is -0.366 e. The molecule has 2 aliphatic rings. The van der Waals surface area contributed by atoms with Gasteiger partial charge in [-0.3, -0.25) is 9.59 Å². The Kier molecular flexibility index (Phi) is 5.67. The average Bonchev–Trinajstić information content (AvgIpc) is 2.75. The predicted molar refractivity (Wildman–Crippen MR) is 111 cm³/mol. The number of amides is 1. The van der Waals surface area contributed by atoms with E-state index in [1.54, 1.807) is 21.6 Å². The van der Waals surface area contributed by atoms with Gasteiger partial charge in [0.25, 0.3) is 11.5 Å². The lowest BCUT2D eigenvalue weighted by Gasteiger charge is -2.36. The molecule has 0 aliphatic carbocycles. The van der Waals surface area contributed by atoms with Crippen molar-refractivity contribution in [2.75, 3.05) is 44.2 Å². The number of anilines is 1. The number of para-hydroxylation sites is 1. The highest BCUT2D eigenvalue weighted by Gasteiger charge is 2.28. The second kappa shape index (κ2) is 8.37. The Balaban J connectivity index is 1.52. The summed E-state index contributed by atoms with van der Waals surface area (Å²) in [5, 5.41) is 3.30. The van der Waals surface area contributed by atoms with E-state index in [4.69, 9.17) is 0 Å². The van der Waals surface area contributed by atoms with Gasteiger partial charge in [-0.05, 0) is 56.6 Å². The zero-order chi connectivity index (χ0) is 20.4. The van der Waals surface area contributed by atoms with Crippen LogP contribution in [0.15, 0.2) is 41.3 Å². The zero-order valence-corrected chi connectivity index (χ0v) is 16.7. The van der Waals surface area contributed by atoms with E-state index in [0.29, 0.717) is 37.4 Å². The van der Waals surface area contributed by atoms with E-state index in [-0.39, 0.29) is 28.9 Å². The molecule has 1 N–H and O–H groups in total. The van der Waals surface area contributed by atoms with Gasteiger partial charge in [0.1, 0.15) is 11.4 Å². The van der Waals surface area contributed by atoms with Gasteiger partial charge in [0.15, 0.2) is 0 Å². The van der Waals surface area contributed by atoms with Gasteiger partial charge in [-0.15, -0.1) is 0 Å². The molecule has 0 saturated carbocycles. The highest BCUT2D eigenvalue weighted by atomic mass is 19.1. The summed E-state index contributed by atoms with van der Waals surface area (Å²) >= 11 is 0. The van der Waals surface area contributed by atoms with Crippen LogP contribution in [0.1, 0.15) is 34.8 Å². The topological polar surface area (TPSA) is 57.6 Å². The van der Waals surface area contributed by atoms with Crippen molar-refractivity contribution >= 4 is 11.6 Å². The highest BCUT2D eigenvalue weighted by Crippen LogP contribution is 2.21. The third kappa shape index (κ3) is 3.92. The summed E-state index contributed by atoms with van der Waals surface area (Å²) in [6, 6.07) is 8.69. The van der Waals surface area contributed by atoms with Crippen LogP contribution in [0.25, 0.3) is 0 Å². The molecule has 0 atom stereocenters. The zero-order valence-electron chi connectivity index (χ0n) is 16.7. The summed E-state index contributed by atoms with van der Waals surface area (Å²) in [7, 11) is 0. The standard InChI is InChI=1S/C22H27FN4O2/c1-16-8-11-27(17-6-9-24-10-7-17)22(29)20(16)21(28)26-14-12-25(13-15-26)19-5-3-2-4-18(19)23/h2-5,8,11,17,24H,6-7,9-10,12-15H2,1H3. The molecule has 1 aromatic carbocycles. The Morgan fingerprint density at radius 3 is 2.45 bits per heavy atom. The third-order valence-corrected chi connectivity index (χ3v) is 6.00. The Hall–Kier alpha value is -2.67. The lowest BCUT2D eigenvalue weighted by Crippen LogP contribution is -2.50. The normalized spacial score (nSPS) is 18.1. The van der Waals surface area contributed by atoms with E-state index < -0.39 is 0 Å². The van der Waals surface area contributed by atoms with Crippen LogP contribution in [-0.4, -0.2) is 54.6 Å². The van der Waals surface area contributed by atoms with Gasteiger partial charge < -0.3 is 19.7 Å². The summed E-state index contributed by atoms with van der Waals surface area (Å²) in [5.74, 6) is -0.472. The molecule has 154 valence electrons. The summed E-state index contributed by atoms with van der Waals surface area (Å²) in [4.78, 5) is 30.0. The SMILES string of the molecule is Cc1ccn(C2CCNCC2)c(=O)c1C(=O)N1CCN(c2ccccc2F)CC1. The number of pyridine rings is 1. The molecule has 1 amide bonds. The van der Waals surface area contributed by atoms with Crippen LogP contribution in [-0.2, 0) is 0 Å². The first-order valence-electron chi connectivity index (χ1n) is 10.3. The lowest BCUT2D eigenvalue weighted by molar-refractivity contribution is 0.0743. The molecule has 1 aromatic heterocycles. The smallest absolute Gasteiger partial charge is 0.263 e. The summed E-state index contributed by atoms with van der Waals surface area (Å²) in [6.07, 6.45) is 3.59. The molecule has 0 radical (unpaired) electrons. The first kappa shape index (κ1) is 19.6. The van der Waals surface area contributed by atoms with E-state index in [0.717, 1.165) is 25.9 Å². The number of aryl methyl sites for hydroxylation is 1. The molecule has 0 bridgehead atoms. The molecule has 2 aromatic rings. The van der Waals surface area contributed by atoms with Crippen LogP contribution in [0.4, 0.5) is 10.1 Å². The Morgan fingerprint density at radius 1 is 1.07 bits per heavy atom. The van der Waals surface area contributed by atoms with Gasteiger partial charge in [0, 0.05) is 38.4 Å². The van der Waals surface area contributed by atoms with Crippen molar-refractivity contribution < 1.29 is 9.18 Å². The maximum atomic E-state index is 14.1. The minimum atomic E-state index is -0.254. The molecular weight excluding hydrogens is 371 g/mol. The maximum Gasteiger partial charge on any atom is 0.263 e. The summed E-state index contributed by atoms with van der Waals surface area (Å²) < 4.78 is 15.8. The number of nitrogens with zero attached hydrogens (tertiary/aromatic N) is 3. The Morgan fingerprint density at radius 2 is 1.76 bits per heavy atom. The first-order valence-corrected chi connectivity index (χ1v) is 10.3. The van der Waals surface area contributed by atoms with E-state index in [2.05, 4.69) is 5.32 Å². The molecule has 29 heavy (non-hydrogen) atoms. The van der Waals surface area contributed by atoms with Crippen LogP contribution >= 0.6 is 0 Å². The van der Waals surface area contributed by atoms with Crippen molar-refractivity contribution in [3.8, 4) is 0 Å². The molecular formula is C22H27FN4O2. The molecule has 4 rings (SSSR count). The van der Waals surface area contributed by atoms with E-state index >= 15 is 0 Å². The molecule has 6 nitrogen and oxygen atoms in total. The number of halogens is 1. The van der Waals surface area contributed by atoms with E-state index in [1.807, 2.05) is 30.2 Å². The number of carbonyl (C=O) groups is 1. The van der Waals surface area contributed by atoms with Gasteiger partial charge in [-0.25, -0.2) is 4.39 Å². The molecule has 3 heterocycles. The number of piperidine rings is 1. The molecule has 7 heteroatoms. The highest BCUT2D eigenvalue weighted by molar-refractivity contribution is 5.95. The van der Waals surface area contributed by atoms with Crippen molar-refractivity contribution in [1.29, 1.82) is 0 Å². The fraction of sp³-hybridized carbons (Fsp3) is 0.455. The number of nitrogens with one attached hydrogen (secondary N) is 1. The van der Waals surface area contributed by atoms with Gasteiger partial charge in [0.2, 0.25) is 0 Å². The molecule has 2 aliphatic heterocycles. The fourth-order valence-corrected chi connectivity index (χ4v) is 4.29. The quantitative estimate of drug-likeness (QED) is 0.861. The monoisotopic (exact) mass is 398 g/mol. The average molecular weight is 398 g/mol. The largest absolute Gasteiger partial charge is 0.366 e. The number of aromatic nitrogens is 1. The molecule has 2 saturated heterocycles. The van der Waals surface area contributed by atoms with Crippen molar-refractivity contribution in [2.45, 2.75) is 25.8 Å². The molecule has 2 fully saturated rings. The van der Waals surface area contributed by atoms with Crippen molar-refractivity contribution in [3.63, 3.8) is 0 Å². The van der Waals surface area contributed by atoms with Crippen molar-refractivity contribution in [3.05, 3.63) is 63.8 Å². The van der Waals surface area contributed by atoms with Crippen LogP contribution < -0.4 is 15.8 Å². The Labute approximate surface area is 169 Å². The number of benzene rings is 1. The van der Waals surface area contributed by atoms with Crippen LogP contribution in [0.2, 0.25) is 0 Å². The van der Waals surface area contributed by atoms with Gasteiger partial charge in [0.05, 0.1) is 5.69 Å². The molecule has 0 unspecified atom stereocenters. The minimum absolute atomic E-state index is 0.133. The Bertz CT molecular complexity index is 944. The van der Waals surface area contributed by atoms with Crippen molar-refractivity contribution in [2.24, 2.45) is 0 Å². The number of hydrogen-bond donors (Lipinski definition) is 1. The predicted octanol–water partition coefficient (Wildman–Crippen LogP) is 2.18. The fourth-order valence-electron chi connectivity index (χ4n) is 4.29. The van der Waals surface area contributed by atoms with Crippen LogP contribution in [0, 0.1) is 12.7 Å². The number of rotatable bonds is 3. The van der Waals surface area contributed by atoms with E-state index in [1.165, 1.54) is 6.07 Å². The number of carbonyl (C=O) groups excluding carboxylic acids is 1. The maximum absolute atomic E-state index is 14.1. The summed E-state index contributed by atoms with van der Waals surface area (Å²) in [5.41, 5.74) is 1.34. The summed E-state index contributed by atoms with van der Waals surface area (Å²) in [6.45, 7) is 5.60. The number of hydrogen-bond acceptors (Lipinski definition) is 4. The molecule has 0 spiro atoms. The van der Waals surface area contributed by atoms with Crippen molar-refractivity contribution in [1.82, 2.24) is 14.8 Å². The van der Waals surface area contributed by atoms with Crippen LogP contribution in [0.5, 0.6) is 0 Å². The lowest BCUT2D eigenvalue weighted by atomic mass is 10.0.